The fourth-order valence-electron chi connectivity index (χ4n) is 1.22. The molecular weight excluding hydrogens is 264 g/mol. The predicted molar refractivity (Wildman–Crippen MR) is 67.0 cm³/mol. The van der Waals surface area contributed by atoms with Crippen molar-refractivity contribution in [1.29, 1.82) is 0 Å². The van der Waals surface area contributed by atoms with Crippen LogP contribution in [-0.2, 0) is 15.8 Å². The SMILES string of the molecule is CNS(=O)(=O)NCC(C)(O)c1ccc(Cl)cc1. The van der Waals surface area contributed by atoms with Crippen LogP contribution in [-0.4, -0.2) is 27.1 Å². The van der Waals surface area contributed by atoms with Crippen molar-refractivity contribution in [1.82, 2.24) is 9.44 Å². The average molecular weight is 279 g/mol. The second-order valence-corrected chi connectivity index (χ2v) is 5.95. The summed E-state index contributed by atoms with van der Waals surface area (Å²) < 4.78 is 26.7. The van der Waals surface area contributed by atoms with E-state index in [1.165, 1.54) is 14.0 Å². The van der Waals surface area contributed by atoms with Crippen LogP contribution in [0.2, 0.25) is 5.02 Å². The highest BCUT2D eigenvalue weighted by Gasteiger charge is 2.24. The van der Waals surface area contributed by atoms with E-state index in [0.717, 1.165) is 0 Å². The molecule has 0 spiro atoms. The molecule has 1 atom stereocenters. The molecule has 0 aliphatic heterocycles. The van der Waals surface area contributed by atoms with Crippen molar-refractivity contribution < 1.29 is 13.5 Å². The van der Waals surface area contributed by atoms with Gasteiger partial charge in [-0.1, -0.05) is 23.7 Å². The maximum absolute atomic E-state index is 11.2. The number of aliphatic hydroxyl groups is 1. The van der Waals surface area contributed by atoms with Gasteiger partial charge < -0.3 is 5.11 Å². The molecule has 1 aromatic carbocycles. The topological polar surface area (TPSA) is 78.4 Å². The molecular formula is C10H15ClN2O3S. The van der Waals surface area contributed by atoms with Crippen molar-refractivity contribution in [2.24, 2.45) is 0 Å². The van der Waals surface area contributed by atoms with Gasteiger partial charge in [0.15, 0.2) is 0 Å². The van der Waals surface area contributed by atoms with E-state index < -0.39 is 15.8 Å². The fraction of sp³-hybridized carbons (Fsp3) is 0.400. The van der Waals surface area contributed by atoms with Gasteiger partial charge in [0.1, 0.15) is 5.60 Å². The first kappa shape index (κ1) is 14.4. The zero-order valence-electron chi connectivity index (χ0n) is 9.57. The van der Waals surface area contributed by atoms with Crippen LogP contribution < -0.4 is 9.44 Å². The molecule has 7 heteroatoms. The van der Waals surface area contributed by atoms with Gasteiger partial charge in [-0.2, -0.15) is 13.1 Å². The molecule has 0 heterocycles. The molecule has 0 bridgehead atoms. The highest BCUT2D eigenvalue weighted by Crippen LogP contribution is 2.21. The lowest BCUT2D eigenvalue weighted by molar-refractivity contribution is 0.0627. The maximum atomic E-state index is 11.2. The summed E-state index contributed by atoms with van der Waals surface area (Å²) in [5.41, 5.74) is -0.713. The van der Waals surface area contributed by atoms with E-state index in [-0.39, 0.29) is 6.54 Å². The van der Waals surface area contributed by atoms with Crippen LogP contribution in [0.4, 0.5) is 0 Å². The van der Waals surface area contributed by atoms with Crippen molar-refractivity contribution in [2.45, 2.75) is 12.5 Å². The summed E-state index contributed by atoms with van der Waals surface area (Å²) in [4.78, 5) is 0. The lowest BCUT2D eigenvalue weighted by Gasteiger charge is -2.24. The van der Waals surface area contributed by atoms with Crippen molar-refractivity contribution >= 4 is 21.8 Å². The summed E-state index contributed by atoms with van der Waals surface area (Å²) in [6, 6.07) is 6.57. The molecule has 0 amide bonds. The first-order valence-electron chi connectivity index (χ1n) is 4.93. The van der Waals surface area contributed by atoms with Crippen LogP contribution in [0.15, 0.2) is 24.3 Å². The van der Waals surface area contributed by atoms with Gasteiger partial charge in [-0.05, 0) is 24.6 Å². The van der Waals surface area contributed by atoms with Crippen LogP contribution in [0.25, 0.3) is 0 Å². The number of rotatable bonds is 5. The molecule has 1 unspecified atom stereocenters. The second kappa shape index (κ2) is 5.32. The fourth-order valence-corrected chi connectivity index (χ4v) is 1.96. The normalized spacial score (nSPS) is 15.5. The van der Waals surface area contributed by atoms with E-state index >= 15 is 0 Å². The van der Waals surface area contributed by atoms with Gasteiger partial charge in [0.2, 0.25) is 0 Å². The van der Waals surface area contributed by atoms with E-state index in [2.05, 4.69) is 9.44 Å². The Morgan fingerprint density at radius 3 is 2.35 bits per heavy atom. The highest BCUT2D eigenvalue weighted by molar-refractivity contribution is 7.87. The number of hydrogen-bond donors (Lipinski definition) is 3. The van der Waals surface area contributed by atoms with Crippen molar-refractivity contribution in [3.8, 4) is 0 Å². The van der Waals surface area contributed by atoms with Crippen LogP contribution in [0.3, 0.4) is 0 Å². The molecule has 17 heavy (non-hydrogen) atoms. The minimum absolute atomic E-state index is 0.127. The van der Waals surface area contributed by atoms with Gasteiger partial charge in [0.05, 0.1) is 0 Å². The Morgan fingerprint density at radius 1 is 1.35 bits per heavy atom. The van der Waals surface area contributed by atoms with E-state index in [9.17, 15) is 13.5 Å². The highest BCUT2D eigenvalue weighted by atomic mass is 35.5. The Morgan fingerprint density at radius 2 is 1.88 bits per heavy atom. The summed E-state index contributed by atoms with van der Waals surface area (Å²) in [6.07, 6.45) is 0. The number of benzene rings is 1. The zero-order chi connectivity index (χ0) is 13.1. The molecule has 5 nitrogen and oxygen atoms in total. The maximum Gasteiger partial charge on any atom is 0.276 e. The van der Waals surface area contributed by atoms with Gasteiger partial charge in [0, 0.05) is 18.6 Å². The molecule has 1 rings (SSSR count). The van der Waals surface area contributed by atoms with Gasteiger partial charge in [-0.3, -0.25) is 0 Å². The van der Waals surface area contributed by atoms with Crippen LogP contribution >= 0.6 is 11.6 Å². The van der Waals surface area contributed by atoms with Crippen LogP contribution in [0.5, 0.6) is 0 Å². The lowest BCUT2D eigenvalue weighted by Crippen LogP contribution is -2.42. The molecule has 1 aromatic rings. The first-order valence-corrected chi connectivity index (χ1v) is 6.79. The standard InChI is InChI=1S/C10H15ClN2O3S/c1-10(14,7-13-17(15,16)12-2)8-3-5-9(11)6-4-8/h3-6,12-14H,7H2,1-2H3. The third-order valence-electron chi connectivity index (χ3n) is 2.34. The zero-order valence-corrected chi connectivity index (χ0v) is 11.1. The third kappa shape index (κ3) is 4.25. The molecule has 0 saturated carbocycles. The Bertz CT molecular complexity index is 471. The Hall–Kier alpha value is -0.660. The van der Waals surface area contributed by atoms with Crippen LogP contribution in [0.1, 0.15) is 12.5 Å². The van der Waals surface area contributed by atoms with Crippen molar-refractivity contribution in [3.05, 3.63) is 34.9 Å². The summed E-state index contributed by atoms with van der Waals surface area (Å²) in [5.74, 6) is 0. The number of halogens is 1. The van der Waals surface area contributed by atoms with E-state index in [4.69, 9.17) is 11.6 Å². The van der Waals surface area contributed by atoms with Gasteiger partial charge >= 0.3 is 0 Å². The Labute approximate surface area is 106 Å². The van der Waals surface area contributed by atoms with Gasteiger partial charge in [-0.15, -0.1) is 0 Å². The van der Waals surface area contributed by atoms with Crippen LogP contribution in [0, 0.1) is 0 Å². The predicted octanol–water partition coefficient (Wildman–Crippen LogP) is 0.601. The van der Waals surface area contributed by atoms with Crippen molar-refractivity contribution in [2.75, 3.05) is 13.6 Å². The van der Waals surface area contributed by atoms with E-state index in [1.54, 1.807) is 24.3 Å². The molecule has 0 saturated heterocycles. The van der Waals surface area contributed by atoms with Crippen molar-refractivity contribution in [3.63, 3.8) is 0 Å². The minimum atomic E-state index is -3.55. The molecule has 0 aliphatic rings. The smallest absolute Gasteiger partial charge is 0.276 e. The summed E-state index contributed by atoms with van der Waals surface area (Å²) in [6.45, 7) is 1.40. The Kier molecular flexibility index (Phi) is 4.51. The molecule has 3 N–H and O–H groups in total. The van der Waals surface area contributed by atoms with E-state index in [0.29, 0.717) is 10.6 Å². The quantitative estimate of drug-likeness (QED) is 0.738. The lowest BCUT2D eigenvalue weighted by atomic mass is 9.97. The molecule has 0 aromatic heterocycles. The molecule has 0 fully saturated rings. The number of nitrogens with one attached hydrogen (secondary N) is 2. The van der Waals surface area contributed by atoms with E-state index in [1.807, 2.05) is 0 Å². The second-order valence-electron chi connectivity index (χ2n) is 3.81. The molecule has 0 aliphatic carbocycles. The molecule has 96 valence electrons. The van der Waals surface area contributed by atoms with Gasteiger partial charge in [0.25, 0.3) is 10.2 Å². The Balaban J connectivity index is 2.78. The average Bonchev–Trinajstić information content (AvgIpc) is 2.27. The summed E-state index contributed by atoms with van der Waals surface area (Å²) >= 11 is 5.73. The number of hydrogen-bond acceptors (Lipinski definition) is 3. The van der Waals surface area contributed by atoms with Gasteiger partial charge in [-0.25, -0.2) is 4.72 Å². The largest absolute Gasteiger partial charge is 0.384 e. The summed E-state index contributed by atoms with van der Waals surface area (Å²) in [5, 5.41) is 10.7. The first-order chi connectivity index (χ1) is 7.77. The third-order valence-corrected chi connectivity index (χ3v) is 3.66. The molecule has 0 radical (unpaired) electrons. The minimum Gasteiger partial charge on any atom is -0.384 e. The monoisotopic (exact) mass is 278 g/mol. The summed E-state index contributed by atoms with van der Waals surface area (Å²) in [7, 11) is -2.26.